The fourth-order valence-corrected chi connectivity index (χ4v) is 2.39. The van der Waals surface area contributed by atoms with E-state index in [1.807, 2.05) is 48.5 Å². The summed E-state index contributed by atoms with van der Waals surface area (Å²) in [5.41, 5.74) is 10.2. The van der Waals surface area contributed by atoms with Gasteiger partial charge in [-0.25, -0.2) is 0 Å². The van der Waals surface area contributed by atoms with Crippen molar-refractivity contribution in [1.29, 1.82) is 0 Å². The topological polar surface area (TPSA) is 142 Å². The molecule has 38 heavy (non-hydrogen) atoms. The van der Waals surface area contributed by atoms with Crippen LogP contribution in [0.5, 0.6) is 23.0 Å². The number of nitrogens with two attached hydrogens (primary N) is 2. The van der Waals surface area contributed by atoms with Crippen LogP contribution in [0.4, 0.5) is 0 Å². The van der Waals surface area contributed by atoms with E-state index in [1.165, 1.54) is 0 Å². The molecule has 0 radical (unpaired) electrons. The average molecular weight is 531 g/mol. The third kappa shape index (κ3) is 14.6. The van der Waals surface area contributed by atoms with Crippen LogP contribution in [-0.4, -0.2) is 64.7 Å². The van der Waals surface area contributed by atoms with Crippen molar-refractivity contribution < 1.29 is 38.0 Å². The quantitative estimate of drug-likeness (QED) is 0.563. The predicted molar refractivity (Wildman–Crippen MR) is 144 cm³/mol. The van der Waals surface area contributed by atoms with Crippen LogP contribution in [-0.2, 0) is 23.8 Å². The third-order valence-electron chi connectivity index (χ3n) is 4.47. The van der Waals surface area contributed by atoms with Gasteiger partial charge in [-0.1, -0.05) is 37.4 Å². The van der Waals surface area contributed by atoms with Gasteiger partial charge in [0.05, 0.1) is 39.6 Å². The van der Waals surface area contributed by atoms with E-state index in [0.717, 1.165) is 0 Å². The Morgan fingerprint density at radius 2 is 0.842 bits per heavy atom. The minimum atomic E-state index is -0.435. The van der Waals surface area contributed by atoms with Gasteiger partial charge in [0, 0.05) is 11.1 Å². The van der Waals surface area contributed by atoms with E-state index in [-0.39, 0.29) is 0 Å². The maximum Gasteiger partial charge on any atom is 0.243 e. The van der Waals surface area contributed by atoms with Crippen LogP contribution in [0.25, 0.3) is 0 Å². The van der Waals surface area contributed by atoms with E-state index >= 15 is 0 Å². The highest BCUT2D eigenvalue weighted by Gasteiger charge is 2.10. The zero-order valence-corrected chi connectivity index (χ0v) is 22.1. The largest absolute Gasteiger partial charge is 0.487 e. The molecule has 0 fully saturated rings. The zero-order chi connectivity index (χ0) is 28.2. The predicted octanol–water partition coefficient (Wildman–Crippen LogP) is 3.40. The number of carbonyl (C=O) groups is 2. The Morgan fingerprint density at radius 3 is 1.13 bits per heavy atom. The van der Waals surface area contributed by atoms with Gasteiger partial charge in [-0.15, -0.1) is 0 Å². The van der Waals surface area contributed by atoms with E-state index in [4.69, 9.17) is 39.9 Å². The monoisotopic (exact) mass is 530 g/mol. The molecule has 2 amide bonds. The number of hydrogen-bond acceptors (Lipinski definition) is 8. The Labute approximate surface area is 224 Å². The van der Waals surface area contributed by atoms with E-state index < -0.39 is 11.8 Å². The zero-order valence-electron chi connectivity index (χ0n) is 22.1. The molecule has 0 spiro atoms. The Bertz CT molecular complexity index is 922. The molecule has 0 unspecified atom stereocenters. The van der Waals surface area contributed by atoms with Crippen LogP contribution in [0.15, 0.2) is 72.8 Å². The normalized spacial score (nSPS) is 14.2. The minimum absolute atomic E-state index is 0.398. The number of rotatable bonds is 2. The molecule has 1 aliphatic rings. The number of primary amides is 2. The Balaban J connectivity index is 0.000000503. The van der Waals surface area contributed by atoms with Crippen LogP contribution in [0, 0.1) is 0 Å². The third-order valence-corrected chi connectivity index (χ3v) is 4.47. The summed E-state index contributed by atoms with van der Waals surface area (Å²) < 4.78 is 34.1. The van der Waals surface area contributed by atoms with Crippen LogP contribution in [0.3, 0.4) is 0 Å². The maximum atomic E-state index is 9.82. The van der Waals surface area contributed by atoms with Gasteiger partial charge >= 0.3 is 0 Å². The summed E-state index contributed by atoms with van der Waals surface area (Å²) in [7, 11) is 0. The summed E-state index contributed by atoms with van der Waals surface area (Å²) in [6, 6.07) is 15.1. The SMILES string of the molecule is C=C(C)C(N)=O.C=C(C)C(N)=O.c1ccc2c(c1)OCCOCCOCCOCCOc1ccccc1O2. The summed E-state index contributed by atoms with van der Waals surface area (Å²) >= 11 is 0. The second-order valence-corrected chi connectivity index (χ2v) is 7.82. The molecule has 0 aliphatic carbocycles. The highest BCUT2D eigenvalue weighted by Crippen LogP contribution is 2.36. The van der Waals surface area contributed by atoms with Crippen molar-refractivity contribution in [3.05, 3.63) is 72.8 Å². The molecule has 10 heteroatoms. The lowest BCUT2D eigenvalue weighted by Gasteiger charge is -2.16. The van der Waals surface area contributed by atoms with Crippen LogP contribution >= 0.6 is 0 Å². The van der Waals surface area contributed by atoms with Crippen molar-refractivity contribution in [2.75, 3.05) is 52.9 Å². The molecule has 4 N–H and O–H groups in total. The number of para-hydroxylation sites is 4. The highest BCUT2D eigenvalue weighted by molar-refractivity contribution is 5.90. The smallest absolute Gasteiger partial charge is 0.243 e. The summed E-state index contributed by atoms with van der Waals surface area (Å²) in [6.45, 7) is 13.6. The number of carbonyl (C=O) groups excluding carboxylic acids is 2. The molecule has 0 saturated carbocycles. The second-order valence-electron chi connectivity index (χ2n) is 7.82. The first-order valence-electron chi connectivity index (χ1n) is 12.0. The summed E-state index contributed by atoms with van der Waals surface area (Å²) in [5.74, 6) is 1.71. The molecule has 1 aliphatic heterocycles. The van der Waals surface area contributed by atoms with Crippen molar-refractivity contribution in [2.45, 2.75) is 13.8 Å². The Morgan fingerprint density at radius 1 is 0.579 bits per heavy atom. The number of amides is 2. The van der Waals surface area contributed by atoms with Gasteiger partial charge in [-0.3, -0.25) is 9.59 Å². The number of benzene rings is 2. The lowest BCUT2D eigenvalue weighted by Crippen LogP contribution is -2.14. The fourth-order valence-electron chi connectivity index (χ4n) is 2.39. The molecule has 0 bridgehead atoms. The van der Waals surface area contributed by atoms with Gasteiger partial charge in [0.25, 0.3) is 0 Å². The molecule has 208 valence electrons. The molecule has 1 heterocycles. The summed E-state index contributed by atoms with van der Waals surface area (Å²) in [6.07, 6.45) is 0. The molecule has 2 aromatic rings. The van der Waals surface area contributed by atoms with Crippen molar-refractivity contribution in [1.82, 2.24) is 0 Å². The number of hydrogen-bond donors (Lipinski definition) is 2. The minimum Gasteiger partial charge on any atom is -0.487 e. The van der Waals surface area contributed by atoms with E-state index in [9.17, 15) is 9.59 Å². The maximum absolute atomic E-state index is 9.82. The first kappa shape index (κ1) is 32.2. The molecule has 2 aromatic carbocycles. The fraction of sp³-hybridized carbons (Fsp3) is 0.357. The molecule has 10 nitrogen and oxygen atoms in total. The summed E-state index contributed by atoms with van der Waals surface area (Å²) in [4.78, 5) is 19.6. The second kappa shape index (κ2) is 19.3. The average Bonchev–Trinajstić information content (AvgIpc) is 2.88. The number of fused-ring (bicyclic) bond motifs is 2. The lowest BCUT2D eigenvalue weighted by molar-refractivity contribution is -0.115. The van der Waals surface area contributed by atoms with Crippen LogP contribution in [0.2, 0.25) is 0 Å². The molecule has 0 aromatic heterocycles. The Hall–Kier alpha value is -3.86. The van der Waals surface area contributed by atoms with Crippen LogP contribution < -0.4 is 25.7 Å². The van der Waals surface area contributed by atoms with Gasteiger partial charge in [-0.05, 0) is 38.1 Å². The van der Waals surface area contributed by atoms with Gasteiger partial charge in [-0.2, -0.15) is 0 Å². The van der Waals surface area contributed by atoms with Crippen molar-refractivity contribution in [3.8, 4) is 23.0 Å². The van der Waals surface area contributed by atoms with Crippen LogP contribution in [0.1, 0.15) is 13.8 Å². The molecule has 3 rings (SSSR count). The molecular weight excluding hydrogens is 492 g/mol. The van der Waals surface area contributed by atoms with Crippen molar-refractivity contribution in [3.63, 3.8) is 0 Å². The van der Waals surface area contributed by atoms with E-state index in [1.54, 1.807) is 13.8 Å². The van der Waals surface area contributed by atoms with Gasteiger partial charge in [0.2, 0.25) is 11.8 Å². The Kier molecular flexibility index (Phi) is 16.3. The molecule has 0 saturated heterocycles. The molecule has 0 atom stereocenters. The first-order chi connectivity index (χ1) is 18.2. The van der Waals surface area contributed by atoms with E-state index in [0.29, 0.717) is 87.0 Å². The van der Waals surface area contributed by atoms with Gasteiger partial charge < -0.3 is 39.9 Å². The highest BCUT2D eigenvalue weighted by atomic mass is 16.6. The van der Waals surface area contributed by atoms with Crippen molar-refractivity contribution in [2.24, 2.45) is 11.5 Å². The lowest BCUT2D eigenvalue weighted by atomic mass is 10.3. The number of ether oxygens (including phenoxy) is 6. The van der Waals surface area contributed by atoms with Crippen molar-refractivity contribution >= 4 is 11.8 Å². The summed E-state index contributed by atoms with van der Waals surface area (Å²) in [5, 5.41) is 0. The molecular formula is C28H38N2O8. The van der Waals surface area contributed by atoms with Gasteiger partial charge in [0.15, 0.2) is 23.0 Å². The van der Waals surface area contributed by atoms with E-state index in [2.05, 4.69) is 13.2 Å². The first-order valence-corrected chi connectivity index (χ1v) is 12.0. The van der Waals surface area contributed by atoms with Gasteiger partial charge in [0.1, 0.15) is 13.2 Å². The standard InChI is InChI=1S/C20H24O6.2C4H7NO/c1-3-7-19-17(5-1)24-15-13-22-11-9-21-10-12-23-14-16-25-18-6-2-4-8-20(18)26-19;2*1-3(2)4(5)6/h1-8H,9-16H2;2*1H2,2H3,(H2,5,6).